The molecule has 0 saturated heterocycles. The largest absolute Gasteiger partial charge is 0.106 e. The Morgan fingerprint density at radius 1 is 0.438 bits per heavy atom. The number of rotatable bonds is 1. The van der Waals surface area contributed by atoms with Crippen LogP contribution in [0.3, 0.4) is 0 Å². The highest BCUT2D eigenvalue weighted by Crippen LogP contribution is 1.76. The molecule has 0 unspecified atom stereocenters. The van der Waals surface area contributed by atoms with Crippen molar-refractivity contribution in [3.05, 3.63) is 26.3 Å². The van der Waals surface area contributed by atoms with E-state index in [0.717, 1.165) is 0 Å². The summed E-state index contributed by atoms with van der Waals surface area (Å²) >= 11 is 0. The molecule has 0 N–H and O–H groups in total. The van der Waals surface area contributed by atoms with Crippen LogP contribution in [-0.2, 0) is 0 Å². The van der Waals surface area contributed by atoms with Crippen LogP contribution in [0.4, 0.5) is 0 Å². The first-order valence-corrected chi connectivity index (χ1v) is 6.91. The molecule has 0 amide bonds. The summed E-state index contributed by atoms with van der Waals surface area (Å²) in [5.41, 5.74) is 0. The molecule has 0 aliphatic rings. The Morgan fingerprint density at radius 2 is 0.500 bits per heavy atom. The van der Waals surface area contributed by atoms with Gasteiger partial charge in [-0.15, -0.1) is 26.3 Å². The van der Waals surface area contributed by atoms with Crippen molar-refractivity contribution in [3.63, 3.8) is 0 Å². The van der Waals surface area contributed by atoms with Gasteiger partial charge >= 0.3 is 0 Å². The summed E-state index contributed by atoms with van der Waals surface area (Å²) in [4.78, 5) is 0. The molecular formula is C16H42. The minimum absolute atomic E-state index is 1.32. The molecule has 0 aromatic carbocycles. The van der Waals surface area contributed by atoms with Gasteiger partial charge in [-0.2, -0.15) is 0 Å². The highest BCUT2D eigenvalue weighted by molar-refractivity contribution is 4.22. The van der Waals surface area contributed by atoms with Gasteiger partial charge in [-0.25, -0.2) is 0 Å². The summed E-state index contributed by atoms with van der Waals surface area (Å²) < 4.78 is 0. The van der Waals surface area contributed by atoms with Crippen LogP contribution >= 0.6 is 0 Å². The molecule has 0 rings (SSSR count). The summed E-state index contributed by atoms with van der Waals surface area (Å²) in [6.45, 7) is 32.4. The third-order valence-electron chi connectivity index (χ3n) is 0.500. The average molecular weight is 235 g/mol. The molecule has 0 radical (unpaired) electrons. The zero-order chi connectivity index (χ0) is 15.4. The van der Waals surface area contributed by atoms with Gasteiger partial charge in [0.05, 0.1) is 0 Å². The number of hydrogen-bond acceptors (Lipinski definition) is 0. The van der Waals surface area contributed by atoms with E-state index in [1.165, 1.54) is 12.8 Å². The zero-order valence-electron chi connectivity index (χ0n) is 14.2. The molecule has 0 bridgehead atoms. The van der Waals surface area contributed by atoms with E-state index >= 15 is 0 Å². The monoisotopic (exact) mass is 234 g/mol. The van der Waals surface area contributed by atoms with Gasteiger partial charge < -0.3 is 0 Å². The van der Waals surface area contributed by atoms with Crippen molar-refractivity contribution in [2.45, 2.75) is 82.1 Å². The molecule has 0 saturated carbocycles. The van der Waals surface area contributed by atoms with E-state index in [0.29, 0.717) is 0 Å². The van der Waals surface area contributed by atoms with Crippen molar-refractivity contribution in [3.8, 4) is 0 Å². The van der Waals surface area contributed by atoms with Crippen LogP contribution in [0.5, 0.6) is 0 Å². The molecule has 0 fully saturated rings. The van der Waals surface area contributed by atoms with Crippen LogP contribution in [0, 0.1) is 0 Å². The van der Waals surface area contributed by atoms with Gasteiger partial charge in [-0.05, 0) is 0 Å². The molecule has 0 spiro atoms. The van der Waals surface area contributed by atoms with Gasteiger partial charge in [0.2, 0.25) is 0 Å². The second kappa shape index (κ2) is 1200. The Bertz CT molecular complexity index is 12.0. The summed E-state index contributed by atoms with van der Waals surface area (Å²) in [6, 6.07) is 0. The molecule has 0 aliphatic heterocycles. The minimum atomic E-state index is 1.32. The van der Waals surface area contributed by atoms with Crippen LogP contribution < -0.4 is 0 Å². The quantitative estimate of drug-likeness (QED) is 0.412. The predicted molar refractivity (Wildman–Crippen MR) is 88.5 cm³/mol. The lowest BCUT2D eigenvalue weighted by Crippen LogP contribution is -1.47. The lowest BCUT2D eigenvalue weighted by molar-refractivity contribution is 0.886. The van der Waals surface area contributed by atoms with Gasteiger partial charge in [0, 0.05) is 0 Å². The zero-order valence-corrected chi connectivity index (χ0v) is 14.2. The van der Waals surface area contributed by atoms with E-state index in [-0.39, 0.29) is 0 Å². The van der Waals surface area contributed by atoms with Gasteiger partial charge in [0.15, 0.2) is 0 Å². The maximum atomic E-state index is 3.00. The van der Waals surface area contributed by atoms with Crippen molar-refractivity contribution in [2.75, 3.05) is 0 Å². The van der Waals surface area contributed by atoms with E-state index in [1.807, 2.05) is 55.4 Å². The molecule has 0 heteroatoms. The first-order chi connectivity index (χ1) is 7.91. The highest BCUT2D eigenvalue weighted by Gasteiger charge is 1.56. The molecule has 106 valence electrons. The molecule has 16 heavy (non-hydrogen) atoms. The molecule has 0 heterocycles. The van der Waals surface area contributed by atoms with Gasteiger partial charge in [0.1, 0.15) is 0 Å². The van der Waals surface area contributed by atoms with E-state index in [2.05, 4.69) is 40.2 Å². The number of hydrogen-bond donors (Lipinski definition) is 0. The lowest BCUT2D eigenvalue weighted by Gasteiger charge is -1.68. The van der Waals surface area contributed by atoms with Crippen molar-refractivity contribution < 1.29 is 0 Å². The van der Waals surface area contributed by atoms with Crippen LogP contribution in [0.25, 0.3) is 0 Å². The Balaban J connectivity index is -0.0000000122. The molecular weight excluding hydrogens is 192 g/mol. The molecule has 0 nitrogen and oxygen atoms in total. The number of unbranched alkanes of at least 4 members (excludes halogenated alkanes) is 1. The maximum absolute atomic E-state index is 3.00. The fourth-order valence-corrected chi connectivity index (χ4v) is 0. The van der Waals surface area contributed by atoms with Crippen LogP contribution in [0.15, 0.2) is 26.3 Å². The van der Waals surface area contributed by atoms with Crippen molar-refractivity contribution in [1.82, 2.24) is 0 Å². The summed E-state index contributed by atoms with van der Waals surface area (Å²) in [7, 11) is 0. The molecule has 0 aromatic heterocycles. The Hall–Kier alpha value is -0.520. The van der Waals surface area contributed by atoms with E-state index in [4.69, 9.17) is 0 Å². The lowest BCUT2D eigenvalue weighted by atomic mass is 10.4. The second-order valence-corrected chi connectivity index (χ2v) is 1.000. The maximum Gasteiger partial charge on any atom is -0.0564 e. The second-order valence-electron chi connectivity index (χ2n) is 1.000. The Labute approximate surface area is 109 Å². The summed E-state index contributed by atoms with van der Waals surface area (Å²) in [5.74, 6) is 0. The van der Waals surface area contributed by atoms with E-state index < -0.39 is 0 Å². The first-order valence-electron chi connectivity index (χ1n) is 6.91. The van der Waals surface area contributed by atoms with Crippen molar-refractivity contribution in [2.24, 2.45) is 0 Å². The Morgan fingerprint density at radius 3 is 0.500 bits per heavy atom. The fraction of sp³-hybridized carbons (Fsp3) is 0.750. The van der Waals surface area contributed by atoms with Crippen LogP contribution in [0.2, 0.25) is 0 Å². The average Bonchev–Trinajstić information content (AvgIpc) is 2.51. The van der Waals surface area contributed by atoms with Crippen molar-refractivity contribution in [1.29, 1.82) is 0 Å². The predicted octanol–water partition coefficient (Wildman–Crippen LogP) is 7.52. The van der Waals surface area contributed by atoms with Gasteiger partial charge in [-0.1, -0.05) is 82.1 Å². The molecule has 0 aromatic rings. The molecule has 0 atom stereocenters. The highest BCUT2D eigenvalue weighted by atomic mass is 13.6. The minimum Gasteiger partial charge on any atom is -0.106 e. The van der Waals surface area contributed by atoms with Crippen LogP contribution in [0.1, 0.15) is 82.1 Å². The van der Waals surface area contributed by atoms with E-state index in [1.54, 1.807) is 0 Å². The smallest absolute Gasteiger partial charge is 0.0564 e. The topological polar surface area (TPSA) is 0 Å². The Kier molecular flexibility index (Phi) is 3390. The normalized spacial score (nSPS) is 3.88. The standard InChI is InChI=1S/C4H10.4C2H6.2C2H4/c1-3-4-2;6*1-2/h3-4H2,1-2H3;4*1-2H3;2*1-2H2. The summed E-state index contributed by atoms with van der Waals surface area (Å²) in [6.07, 6.45) is 2.64. The van der Waals surface area contributed by atoms with Gasteiger partial charge in [-0.3, -0.25) is 0 Å². The molecule has 0 aliphatic carbocycles. The first kappa shape index (κ1) is 45.1. The van der Waals surface area contributed by atoms with Crippen molar-refractivity contribution >= 4 is 0 Å². The van der Waals surface area contributed by atoms with Gasteiger partial charge in [0.25, 0.3) is 0 Å². The fourth-order valence-electron chi connectivity index (χ4n) is 0. The third kappa shape index (κ3) is 9110. The van der Waals surface area contributed by atoms with Crippen LogP contribution in [-0.4, -0.2) is 0 Å². The van der Waals surface area contributed by atoms with E-state index in [9.17, 15) is 0 Å². The summed E-state index contributed by atoms with van der Waals surface area (Å²) in [5, 5.41) is 0. The third-order valence-corrected chi connectivity index (χ3v) is 0.500. The SMILES string of the molecule is C=C.C=C.CC.CC.CC.CC.CCCC.